The third-order valence-corrected chi connectivity index (χ3v) is 7.26. The number of carbonyl (C=O) groups is 2. The van der Waals surface area contributed by atoms with Crippen LogP contribution in [0, 0.1) is 23.0 Å². The van der Waals surface area contributed by atoms with E-state index in [-0.39, 0.29) is 34.0 Å². The number of hydrogen-bond donors (Lipinski definition) is 1. The normalized spacial score (nSPS) is 16.4. The number of amides is 2. The maximum Gasteiger partial charge on any atom is 0.273 e. The molecule has 33 heavy (non-hydrogen) atoms. The number of rotatable bonds is 6. The van der Waals surface area contributed by atoms with Crippen molar-refractivity contribution in [1.82, 2.24) is 9.80 Å². The maximum absolute atomic E-state index is 12.8. The lowest BCUT2D eigenvalue weighted by Gasteiger charge is -2.35. The molecule has 11 heteroatoms. The van der Waals surface area contributed by atoms with Gasteiger partial charge in [0.2, 0.25) is 5.91 Å². The van der Waals surface area contributed by atoms with E-state index in [0.29, 0.717) is 37.3 Å². The fourth-order valence-electron chi connectivity index (χ4n) is 3.75. The molecule has 0 radical (unpaired) electrons. The molecule has 0 aromatic heterocycles. The van der Waals surface area contributed by atoms with Crippen LogP contribution in [0.25, 0.3) is 0 Å². The summed E-state index contributed by atoms with van der Waals surface area (Å²) in [5, 5.41) is 11.1. The maximum atomic E-state index is 12.8. The van der Waals surface area contributed by atoms with Crippen LogP contribution in [-0.2, 0) is 14.8 Å². The summed E-state index contributed by atoms with van der Waals surface area (Å²) in [5.41, 5.74) is 0.720. The summed E-state index contributed by atoms with van der Waals surface area (Å²) in [6, 6.07) is 9.70. The zero-order chi connectivity index (χ0) is 23.8. The van der Waals surface area contributed by atoms with E-state index in [1.54, 1.807) is 4.90 Å². The van der Waals surface area contributed by atoms with Gasteiger partial charge >= 0.3 is 0 Å². The summed E-state index contributed by atoms with van der Waals surface area (Å²) in [5.74, 6) is 0.157. The number of carbonyl (C=O) groups excluding carboxylic acids is 2. The highest BCUT2D eigenvalue weighted by atomic mass is 32.2. The topological polar surface area (TPSA) is 130 Å². The van der Waals surface area contributed by atoms with Crippen molar-refractivity contribution in [3.8, 4) is 0 Å². The second-order valence-corrected chi connectivity index (χ2v) is 9.96. The predicted octanol–water partition coefficient (Wildman–Crippen LogP) is 2.40. The summed E-state index contributed by atoms with van der Waals surface area (Å²) in [7, 11) is -4.04. The Bertz CT molecular complexity index is 1200. The van der Waals surface area contributed by atoms with Crippen molar-refractivity contribution in [2.75, 3.05) is 30.9 Å². The van der Waals surface area contributed by atoms with E-state index < -0.39 is 14.9 Å². The molecule has 2 fully saturated rings. The van der Waals surface area contributed by atoms with Gasteiger partial charge in [-0.3, -0.25) is 24.4 Å². The molecule has 1 heterocycles. The average molecular weight is 473 g/mol. The van der Waals surface area contributed by atoms with E-state index in [0.717, 1.165) is 18.9 Å². The van der Waals surface area contributed by atoms with Crippen LogP contribution in [0.4, 0.5) is 11.4 Å². The molecule has 1 aliphatic heterocycles. The van der Waals surface area contributed by atoms with Gasteiger partial charge in [-0.05, 0) is 50.1 Å². The average Bonchev–Trinajstić information content (AvgIpc) is 3.64. The van der Waals surface area contributed by atoms with Gasteiger partial charge < -0.3 is 9.80 Å². The fourth-order valence-corrected chi connectivity index (χ4v) is 4.83. The van der Waals surface area contributed by atoms with Crippen LogP contribution < -0.4 is 4.72 Å². The van der Waals surface area contributed by atoms with Gasteiger partial charge in [-0.15, -0.1) is 0 Å². The summed E-state index contributed by atoms with van der Waals surface area (Å²) in [4.78, 5) is 38.7. The largest absolute Gasteiger partial charge is 0.339 e. The molecule has 2 aromatic rings. The minimum atomic E-state index is -4.04. The van der Waals surface area contributed by atoms with E-state index in [1.807, 2.05) is 4.90 Å². The second-order valence-electron chi connectivity index (χ2n) is 8.28. The Labute approximate surface area is 191 Å². The molecule has 10 nitrogen and oxygen atoms in total. The van der Waals surface area contributed by atoms with Gasteiger partial charge in [0.15, 0.2) is 0 Å². The quantitative estimate of drug-likeness (QED) is 0.508. The van der Waals surface area contributed by atoms with Gasteiger partial charge in [-0.25, -0.2) is 8.42 Å². The first-order chi connectivity index (χ1) is 15.7. The molecule has 0 spiro atoms. The Kier molecular flexibility index (Phi) is 6.07. The van der Waals surface area contributed by atoms with Gasteiger partial charge in [0.25, 0.3) is 21.6 Å². The summed E-state index contributed by atoms with van der Waals surface area (Å²) >= 11 is 0. The first-order valence-electron chi connectivity index (χ1n) is 10.6. The fraction of sp³-hybridized carbons (Fsp3) is 0.364. The number of nitrogens with one attached hydrogen (secondary N) is 1. The van der Waals surface area contributed by atoms with Gasteiger partial charge in [-0.2, -0.15) is 0 Å². The number of benzene rings is 2. The van der Waals surface area contributed by atoms with Crippen molar-refractivity contribution in [2.24, 2.45) is 5.92 Å². The minimum absolute atomic E-state index is 0.162. The summed E-state index contributed by atoms with van der Waals surface area (Å²) in [6.45, 7) is 3.47. The highest BCUT2D eigenvalue weighted by Crippen LogP contribution is 2.31. The molecule has 4 rings (SSSR count). The van der Waals surface area contributed by atoms with Gasteiger partial charge in [0.1, 0.15) is 0 Å². The van der Waals surface area contributed by atoms with Crippen LogP contribution in [0.2, 0.25) is 0 Å². The van der Waals surface area contributed by atoms with Gasteiger partial charge in [0.05, 0.1) is 9.82 Å². The third kappa shape index (κ3) is 4.98. The van der Waals surface area contributed by atoms with Crippen molar-refractivity contribution in [1.29, 1.82) is 0 Å². The number of sulfonamides is 1. The molecule has 1 saturated heterocycles. The van der Waals surface area contributed by atoms with Crippen LogP contribution in [0.1, 0.15) is 28.8 Å². The van der Waals surface area contributed by atoms with E-state index in [4.69, 9.17) is 0 Å². The SMILES string of the molecule is Cc1ccc(S(=O)(=O)Nc2ccc(C(=O)N3CCN(C(=O)C4CC4)CC3)cc2)cc1[N+](=O)[O-]. The number of piperazine rings is 1. The van der Waals surface area contributed by atoms with Crippen LogP contribution >= 0.6 is 0 Å². The molecule has 1 N–H and O–H groups in total. The Morgan fingerprint density at radius 1 is 1.00 bits per heavy atom. The third-order valence-electron chi connectivity index (χ3n) is 5.88. The molecule has 0 bridgehead atoms. The number of nitro groups is 1. The molecule has 2 amide bonds. The van der Waals surface area contributed by atoms with Crippen molar-refractivity contribution in [2.45, 2.75) is 24.7 Å². The van der Waals surface area contributed by atoms with E-state index in [1.165, 1.54) is 43.3 Å². The number of nitro benzene ring substituents is 1. The predicted molar refractivity (Wildman–Crippen MR) is 120 cm³/mol. The van der Waals surface area contributed by atoms with Crippen LogP contribution in [0.15, 0.2) is 47.4 Å². The van der Waals surface area contributed by atoms with Crippen LogP contribution in [-0.4, -0.2) is 61.1 Å². The molecular weight excluding hydrogens is 448 g/mol. The molecular formula is C22H24N4O6S. The summed E-state index contributed by atoms with van der Waals surface area (Å²) < 4.78 is 27.7. The standard InChI is InChI=1S/C22H24N4O6S/c1-15-2-9-19(14-20(15)26(29)30)33(31,32)23-18-7-5-17(6-8-18)22(28)25-12-10-24(11-13-25)21(27)16-3-4-16/h2,5-9,14,16,23H,3-4,10-13H2,1H3. The van der Waals surface area contributed by atoms with E-state index in [9.17, 15) is 28.1 Å². The number of anilines is 1. The second kappa shape index (κ2) is 8.81. The highest BCUT2D eigenvalue weighted by molar-refractivity contribution is 7.92. The van der Waals surface area contributed by atoms with Crippen LogP contribution in [0.3, 0.4) is 0 Å². The monoisotopic (exact) mass is 472 g/mol. The molecule has 0 unspecified atom stereocenters. The molecule has 174 valence electrons. The molecule has 2 aromatic carbocycles. The Morgan fingerprint density at radius 3 is 2.18 bits per heavy atom. The van der Waals surface area contributed by atoms with Crippen molar-refractivity contribution >= 4 is 33.2 Å². The Morgan fingerprint density at radius 2 is 1.61 bits per heavy atom. The lowest BCUT2D eigenvalue weighted by atomic mass is 10.1. The number of hydrogen-bond acceptors (Lipinski definition) is 6. The van der Waals surface area contributed by atoms with Gasteiger partial charge in [-0.1, -0.05) is 6.07 Å². The zero-order valence-corrected chi connectivity index (χ0v) is 18.9. The molecule has 1 saturated carbocycles. The zero-order valence-electron chi connectivity index (χ0n) is 18.1. The van der Waals surface area contributed by atoms with Gasteiger partial charge in [0, 0.05) is 55.0 Å². The Balaban J connectivity index is 1.40. The van der Waals surface area contributed by atoms with Crippen LogP contribution in [0.5, 0.6) is 0 Å². The molecule has 1 aliphatic carbocycles. The first-order valence-corrected chi connectivity index (χ1v) is 12.1. The number of nitrogens with zero attached hydrogens (tertiary/aromatic N) is 3. The highest BCUT2D eigenvalue weighted by Gasteiger charge is 2.35. The minimum Gasteiger partial charge on any atom is -0.339 e. The summed E-state index contributed by atoms with van der Waals surface area (Å²) in [6.07, 6.45) is 1.91. The lowest BCUT2D eigenvalue weighted by Crippen LogP contribution is -2.51. The van der Waals surface area contributed by atoms with Crippen molar-refractivity contribution in [3.63, 3.8) is 0 Å². The lowest BCUT2D eigenvalue weighted by molar-refractivity contribution is -0.385. The smallest absolute Gasteiger partial charge is 0.273 e. The first kappa shape index (κ1) is 22.7. The van der Waals surface area contributed by atoms with E-state index >= 15 is 0 Å². The van der Waals surface area contributed by atoms with Crippen molar-refractivity contribution < 1.29 is 22.9 Å². The molecule has 0 atom stereocenters. The van der Waals surface area contributed by atoms with E-state index in [2.05, 4.69) is 4.72 Å². The Hall–Kier alpha value is -3.47. The molecule has 2 aliphatic rings. The van der Waals surface area contributed by atoms with Crippen molar-refractivity contribution in [3.05, 3.63) is 63.7 Å². The number of aryl methyl sites for hydroxylation is 1.